The molecule has 4 nitrogen and oxygen atoms in total. The van der Waals surface area contributed by atoms with Gasteiger partial charge in [-0.15, -0.1) is 0 Å². The number of hydrogen-bond acceptors (Lipinski definition) is 3. The van der Waals surface area contributed by atoms with Crippen molar-refractivity contribution in [2.75, 3.05) is 5.32 Å². The number of aryl methyl sites for hydroxylation is 1. The maximum atomic E-state index is 11.8. The number of halogens is 1. The Bertz CT molecular complexity index is 396. The van der Waals surface area contributed by atoms with Gasteiger partial charge in [0.1, 0.15) is 5.15 Å². The summed E-state index contributed by atoms with van der Waals surface area (Å²) in [5.41, 5.74) is 0.751. The summed E-state index contributed by atoms with van der Waals surface area (Å²) in [6, 6.07) is 1.66. The molecule has 92 valence electrons. The van der Waals surface area contributed by atoms with Gasteiger partial charge >= 0.3 is 0 Å². The van der Waals surface area contributed by atoms with E-state index in [1.165, 1.54) is 12.8 Å². The molecule has 0 aliphatic heterocycles. The van der Waals surface area contributed by atoms with Crippen LogP contribution in [-0.4, -0.2) is 15.9 Å². The molecule has 5 heteroatoms. The molecule has 17 heavy (non-hydrogen) atoms. The minimum Gasteiger partial charge on any atom is -0.294 e. The lowest BCUT2D eigenvalue weighted by Crippen LogP contribution is -2.17. The van der Waals surface area contributed by atoms with Crippen LogP contribution in [0.1, 0.15) is 37.8 Å². The van der Waals surface area contributed by atoms with E-state index in [9.17, 15) is 4.79 Å². The molecule has 0 aromatic carbocycles. The van der Waals surface area contributed by atoms with Crippen LogP contribution in [0.2, 0.25) is 5.15 Å². The summed E-state index contributed by atoms with van der Waals surface area (Å²) in [6.07, 6.45) is 5.36. The smallest absolute Gasteiger partial charge is 0.231 e. The van der Waals surface area contributed by atoms with E-state index < -0.39 is 0 Å². The largest absolute Gasteiger partial charge is 0.294 e. The molecular weight excluding hydrogens is 238 g/mol. The summed E-state index contributed by atoms with van der Waals surface area (Å²) in [5, 5.41) is 3.06. The molecular formula is C12H16ClN3O. The van der Waals surface area contributed by atoms with Crippen molar-refractivity contribution >= 4 is 23.5 Å². The summed E-state index contributed by atoms with van der Waals surface area (Å²) in [6.45, 7) is 1.82. The fourth-order valence-corrected chi connectivity index (χ4v) is 2.48. The second kappa shape index (κ2) is 5.45. The van der Waals surface area contributed by atoms with E-state index in [-0.39, 0.29) is 5.91 Å². The number of aromatic nitrogens is 2. The first-order chi connectivity index (χ1) is 8.13. The van der Waals surface area contributed by atoms with Crippen LogP contribution in [0.3, 0.4) is 0 Å². The van der Waals surface area contributed by atoms with Crippen LogP contribution in [-0.2, 0) is 4.79 Å². The molecule has 0 radical (unpaired) electrons. The first-order valence-corrected chi connectivity index (χ1v) is 6.32. The standard InChI is InChI=1S/C12H16ClN3O/c1-8-6-10(13)15-12(14-8)16-11(17)7-9-4-2-3-5-9/h6,9H,2-5,7H2,1H3,(H,14,15,16,17). The highest BCUT2D eigenvalue weighted by molar-refractivity contribution is 6.29. The Hall–Kier alpha value is -1.16. The minimum atomic E-state index is -0.0152. The van der Waals surface area contributed by atoms with Crippen LogP contribution in [0.4, 0.5) is 5.95 Å². The number of amides is 1. The van der Waals surface area contributed by atoms with Gasteiger partial charge in [-0.25, -0.2) is 9.97 Å². The molecule has 0 spiro atoms. The highest BCUT2D eigenvalue weighted by atomic mass is 35.5. The van der Waals surface area contributed by atoms with E-state index in [4.69, 9.17) is 11.6 Å². The molecule has 1 N–H and O–H groups in total. The average molecular weight is 254 g/mol. The number of nitrogens with one attached hydrogen (secondary N) is 1. The molecule has 1 amide bonds. The van der Waals surface area contributed by atoms with E-state index in [2.05, 4.69) is 15.3 Å². The Morgan fingerprint density at radius 2 is 2.18 bits per heavy atom. The predicted octanol–water partition coefficient (Wildman–Crippen LogP) is 2.96. The van der Waals surface area contributed by atoms with Crippen molar-refractivity contribution in [3.8, 4) is 0 Å². The molecule has 0 unspecified atom stereocenters. The second-order valence-corrected chi connectivity index (χ2v) is 4.95. The van der Waals surface area contributed by atoms with Gasteiger partial charge in [-0.05, 0) is 31.7 Å². The third-order valence-electron chi connectivity index (χ3n) is 3.02. The van der Waals surface area contributed by atoms with Gasteiger partial charge in [0, 0.05) is 12.1 Å². The number of carbonyl (C=O) groups excluding carboxylic acids is 1. The zero-order chi connectivity index (χ0) is 12.3. The third-order valence-corrected chi connectivity index (χ3v) is 3.22. The van der Waals surface area contributed by atoms with Crippen molar-refractivity contribution in [2.24, 2.45) is 5.92 Å². The maximum absolute atomic E-state index is 11.8. The quantitative estimate of drug-likeness (QED) is 0.843. The minimum absolute atomic E-state index is 0.0152. The summed E-state index contributed by atoms with van der Waals surface area (Å²) >= 11 is 5.80. The van der Waals surface area contributed by atoms with Crippen molar-refractivity contribution in [1.82, 2.24) is 9.97 Å². The van der Waals surface area contributed by atoms with Gasteiger partial charge in [-0.2, -0.15) is 0 Å². The third kappa shape index (κ3) is 3.66. The highest BCUT2D eigenvalue weighted by Crippen LogP contribution is 2.27. The molecule has 0 bridgehead atoms. The summed E-state index contributed by atoms with van der Waals surface area (Å²) in [4.78, 5) is 19.8. The number of hydrogen-bond donors (Lipinski definition) is 1. The highest BCUT2D eigenvalue weighted by Gasteiger charge is 2.18. The lowest BCUT2D eigenvalue weighted by Gasteiger charge is -2.08. The van der Waals surface area contributed by atoms with Crippen LogP contribution in [0.15, 0.2) is 6.07 Å². The topological polar surface area (TPSA) is 54.9 Å². The van der Waals surface area contributed by atoms with Gasteiger partial charge in [0.25, 0.3) is 0 Å². The number of nitrogens with zero attached hydrogens (tertiary/aromatic N) is 2. The van der Waals surface area contributed by atoms with E-state index in [0.29, 0.717) is 23.4 Å². The Labute approximate surface area is 106 Å². The lowest BCUT2D eigenvalue weighted by atomic mass is 10.0. The van der Waals surface area contributed by atoms with Gasteiger partial charge in [-0.1, -0.05) is 24.4 Å². The van der Waals surface area contributed by atoms with Gasteiger partial charge in [-0.3, -0.25) is 10.1 Å². The number of anilines is 1. The Balaban J connectivity index is 1.92. The fourth-order valence-electron chi connectivity index (χ4n) is 2.24. The van der Waals surface area contributed by atoms with E-state index in [1.54, 1.807) is 6.07 Å². The Kier molecular flexibility index (Phi) is 3.94. The molecule has 0 atom stereocenters. The SMILES string of the molecule is Cc1cc(Cl)nc(NC(=O)CC2CCCC2)n1. The van der Waals surface area contributed by atoms with Gasteiger partial charge < -0.3 is 0 Å². The molecule has 1 heterocycles. The molecule has 1 aromatic rings. The van der Waals surface area contributed by atoms with Crippen LogP contribution in [0.5, 0.6) is 0 Å². The number of rotatable bonds is 3. The molecule has 1 fully saturated rings. The van der Waals surface area contributed by atoms with Crippen molar-refractivity contribution in [3.63, 3.8) is 0 Å². The molecule has 1 saturated carbocycles. The van der Waals surface area contributed by atoms with Crippen LogP contribution < -0.4 is 5.32 Å². The zero-order valence-corrected chi connectivity index (χ0v) is 10.6. The Morgan fingerprint density at radius 3 is 2.82 bits per heavy atom. The second-order valence-electron chi connectivity index (χ2n) is 4.56. The fraction of sp³-hybridized carbons (Fsp3) is 0.583. The van der Waals surface area contributed by atoms with E-state index in [1.807, 2.05) is 6.92 Å². The Morgan fingerprint density at radius 1 is 1.47 bits per heavy atom. The summed E-state index contributed by atoms with van der Waals surface area (Å²) in [7, 11) is 0. The van der Waals surface area contributed by atoms with Gasteiger partial charge in [0.05, 0.1) is 0 Å². The first-order valence-electron chi connectivity index (χ1n) is 5.94. The predicted molar refractivity (Wildman–Crippen MR) is 67.0 cm³/mol. The van der Waals surface area contributed by atoms with Crippen LogP contribution in [0, 0.1) is 12.8 Å². The first kappa shape index (κ1) is 12.3. The molecule has 0 saturated heterocycles. The molecule has 1 aromatic heterocycles. The summed E-state index contributed by atoms with van der Waals surface area (Å²) in [5.74, 6) is 0.812. The van der Waals surface area contributed by atoms with Crippen LogP contribution >= 0.6 is 11.6 Å². The zero-order valence-electron chi connectivity index (χ0n) is 9.87. The van der Waals surface area contributed by atoms with Crippen molar-refractivity contribution in [1.29, 1.82) is 0 Å². The summed E-state index contributed by atoms with van der Waals surface area (Å²) < 4.78 is 0. The maximum Gasteiger partial charge on any atom is 0.231 e. The van der Waals surface area contributed by atoms with Crippen molar-refractivity contribution in [3.05, 3.63) is 16.9 Å². The van der Waals surface area contributed by atoms with E-state index >= 15 is 0 Å². The molecule has 1 aliphatic carbocycles. The lowest BCUT2D eigenvalue weighted by molar-refractivity contribution is -0.117. The van der Waals surface area contributed by atoms with E-state index in [0.717, 1.165) is 18.5 Å². The van der Waals surface area contributed by atoms with Crippen LogP contribution in [0.25, 0.3) is 0 Å². The van der Waals surface area contributed by atoms with Gasteiger partial charge in [0.2, 0.25) is 11.9 Å². The van der Waals surface area contributed by atoms with Crippen molar-refractivity contribution < 1.29 is 4.79 Å². The molecule has 2 rings (SSSR count). The average Bonchev–Trinajstić information content (AvgIpc) is 2.67. The normalized spacial score (nSPS) is 16.1. The monoisotopic (exact) mass is 253 g/mol. The van der Waals surface area contributed by atoms with Gasteiger partial charge in [0.15, 0.2) is 0 Å². The molecule has 1 aliphatic rings. The number of carbonyl (C=O) groups is 1. The van der Waals surface area contributed by atoms with Crippen molar-refractivity contribution in [2.45, 2.75) is 39.0 Å².